The highest BCUT2D eigenvalue weighted by molar-refractivity contribution is 6.06. The van der Waals surface area contributed by atoms with Crippen LogP contribution in [0.1, 0.15) is 33.6 Å². The molecule has 0 saturated carbocycles. The van der Waals surface area contributed by atoms with Gasteiger partial charge in [0.05, 0.1) is 17.2 Å². The molecule has 5 nitrogen and oxygen atoms in total. The summed E-state index contributed by atoms with van der Waals surface area (Å²) in [7, 11) is 4.26. The minimum absolute atomic E-state index is 0.262. The smallest absolute Gasteiger partial charge is 0.257 e. The molecule has 136 valence electrons. The third-order valence-electron chi connectivity index (χ3n) is 5.44. The standard InChI is InChI=1S/C22H22N4O/c1-26(2)16-8-10-21-19(12-16)18-11-15(7-9-20(18)25-21)24-22(27)17-6-4-3-5-14(17)13-23/h3-7,9,11,16,25H,8,10,12H2,1-2H3,(H,24,27). The molecule has 3 aromatic rings. The van der Waals surface area contributed by atoms with E-state index < -0.39 is 0 Å². The zero-order valence-corrected chi connectivity index (χ0v) is 15.5. The average Bonchev–Trinajstić information content (AvgIpc) is 3.05. The molecule has 0 fully saturated rings. The average molecular weight is 358 g/mol. The Hall–Kier alpha value is -3.10. The maximum atomic E-state index is 12.6. The highest BCUT2D eigenvalue weighted by atomic mass is 16.1. The molecule has 2 N–H and O–H groups in total. The van der Waals surface area contributed by atoms with Gasteiger partial charge >= 0.3 is 0 Å². The molecular formula is C22H22N4O. The topological polar surface area (TPSA) is 71.9 Å². The van der Waals surface area contributed by atoms with E-state index >= 15 is 0 Å². The Morgan fingerprint density at radius 3 is 2.85 bits per heavy atom. The third kappa shape index (κ3) is 3.20. The second-order valence-corrected chi connectivity index (χ2v) is 7.31. The van der Waals surface area contributed by atoms with Crippen LogP contribution in [0.5, 0.6) is 0 Å². The number of hydrogen-bond acceptors (Lipinski definition) is 3. The molecule has 1 atom stereocenters. The zero-order valence-electron chi connectivity index (χ0n) is 15.5. The Balaban J connectivity index is 1.65. The van der Waals surface area contributed by atoms with Crippen molar-refractivity contribution in [2.75, 3.05) is 19.4 Å². The largest absolute Gasteiger partial charge is 0.358 e. The predicted molar refractivity (Wildman–Crippen MR) is 107 cm³/mol. The van der Waals surface area contributed by atoms with Crippen LogP contribution in [-0.2, 0) is 12.8 Å². The van der Waals surface area contributed by atoms with Gasteiger partial charge < -0.3 is 15.2 Å². The molecule has 2 aromatic carbocycles. The molecule has 0 saturated heterocycles. The van der Waals surface area contributed by atoms with Crippen LogP contribution < -0.4 is 5.32 Å². The molecule has 27 heavy (non-hydrogen) atoms. The summed E-state index contributed by atoms with van der Waals surface area (Å²) in [5.74, 6) is -0.262. The Morgan fingerprint density at radius 2 is 2.07 bits per heavy atom. The number of nitriles is 1. The van der Waals surface area contributed by atoms with Crippen molar-refractivity contribution in [1.29, 1.82) is 5.26 Å². The number of nitrogens with one attached hydrogen (secondary N) is 2. The monoisotopic (exact) mass is 358 g/mol. The number of nitrogens with zero attached hydrogens (tertiary/aromatic N) is 2. The molecule has 0 bridgehead atoms. The minimum atomic E-state index is -0.262. The summed E-state index contributed by atoms with van der Waals surface area (Å²) in [6.07, 6.45) is 3.21. The summed E-state index contributed by atoms with van der Waals surface area (Å²) >= 11 is 0. The SMILES string of the molecule is CN(C)C1CCc2[nH]c3ccc(NC(=O)c4ccccc4C#N)cc3c2C1. The van der Waals surface area contributed by atoms with Crippen LogP contribution in [0.25, 0.3) is 10.9 Å². The molecule has 1 aliphatic rings. The Bertz CT molecular complexity index is 1060. The van der Waals surface area contributed by atoms with Gasteiger partial charge in [-0.2, -0.15) is 5.26 Å². The van der Waals surface area contributed by atoms with Crippen molar-refractivity contribution >= 4 is 22.5 Å². The lowest BCUT2D eigenvalue weighted by Gasteiger charge is -2.28. The summed E-state index contributed by atoms with van der Waals surface area (Å²) in [5, 5.41) is 13.3. The molecule has 5 heteroatoms. The minimum Gasteiger partial charge on any atom is -0.358 e. The molecule has 1 heterocycles. The van der Waals surface area contributed by atoms with Crippen LogP contribution in [0.4, 0.5) is 5.69 Å². The first kappa shape index (κ1) is 17.3. The summed E-state index contributed by atoms with van der Waals surface area (Å²) in [6.45, 7) is 0. The highest BCUT2D eigenvalue weighted by Crippen LogP contribution is 2.32. The molecule has 0 spiro atoms. The number of aryl methyl sites for hydroxylation is 1. The van der Waals surface area contributed by atoms with E-state index in [1.807, 2.05) is 18.2 Å². The van der Waals surface area contributed by atoms with E-state index in [2.05, 4.69) is 35.4 Å². The fourth-order valence-corrected chi connectivity index (χ4v) is 3.89. The molecule has 0 radical (unpaired) electrons. The van der Waals surface area contributed by atoms with Gasteiger partial charge in [-0.25, -0.2) is 0 Å². The second-order valence-electron chi connectivity index (χ2n) is 7.31. The van der Waals surface area contributed by atoms with Crippen molar-refractivity contribution in [2.45, 2.75) is 25.3 Å². The first-order valence-electron chi connectivity index (χ1n) is 9.17. The number of H-pyrrole nitrogens is 1. The van der Waals surface area contributed by atoms with Gasteiger partial charge in [-0.1, -0.05) is 12.1 Å². The number of hydrogen-bond donors (Lipinski definition) is 2. The van der Waals surface area contributed by atoms with E-state index in [4.69, 9.17) is 0 Å². The first-order valence-corrected chi connectivity index (χ1v) is 9.17. The van der Waals surface area contributed by atoms with E-state index in [1.54, 1.807) is 24.3 Å². The van der Waals surface area contributed by atoms with Gasteiger partial charge in [-0.3, -0.25) is 4.79 Å². The number of rotatable bonds is 3. The first-order chi connectivity index (χ1) is 13.1. The van der Waals surface area contributed by atoms with Gasteiger partial charge in [-0.15, -0.1) is 0 Å². The van der Waals surface area contributed by atoms with Crippen molar-refractivity contribution in [3.05, 3.63) is 64.8 Å². The van der Waals surface area contributed by atoms with Crippen LogP contribution in [0.15, 0.2) is 42.5 Å². The number of likely N-dealkylation sites (N-methyl/N-ethyl adjacent to an activating group) is 1. The second kappa shape index (κ2) is 6.90. The van der Waals surface area contributed by atoms with Gasteiger partial charge in [-0.05, 0) is 69.3 Å². The van der Waals surface area contributed by atoms with E-state index in [0.29, 0.717) is 17.2 Å². The lowest BCUT2D eigenvalue weighted by Crippen LogP contribution is -2.33. The lowest BCUT2D eigenvalue weighted by atomic mass is 9.91. The molecule has 0 aliphatic heterocycles. The number of aromatic amines is 1. The number of carbonyl (C=O) groups excluding carboxylic acids is 1. The van der Waals surface area contributed by atoms with Crippen molar-refractivity contribution in [3.8, 4) is 6.07 Å². The van der Waals surface area contributed by atoms with Crippen molar-refractivity contribution in [1.82, 2.24) is 9.88 Å². The van der Waals surface area contributed by atoms with Crippen molar-refractivity contribution in [2.24, 2.45) is 0 Å². The van der Waals surface area contributed by atoms with Gasteiger partial charge in [0.25, 0.3) is 5.91 Å². The number of benzene rings is 2. The summed E-state index contributed by atoms with van der Waals surface area (Å²) in [4.78, 5) is 18.4. The van der Waals surface area contributed by atoms with E-state index in [0.717, 1.165) is 30.5 Å². The van der Waals surface area contributed by atoms with Crippen molar-refractivity contribution < 1.29 is 4.79 Å². The molecule has 1 aromatic heterocycles. The third-order valence-corrected chi connectivity index (χ3v) is 5.44. The van der Waals surface area contributed by atoms with E-state index in [-0.39, 0.29) is 5.91 Å². The van der Waals surface area contributed by atoms with Gasteiger partial charge in [0.15, 0.2) is 0 Å². The van der Waals surface area contributed by atoms with E-state index in [9.17, 15) is 10.1 Å². The Labute approximate surface area is 158 Å². The summed E-state index contributed by atoms with van der Waals surface area (Å²) < 4.78 is 0. The Kier molecular flexibility index (Phi) is 4.43. The molecular weight excluding hydrogens is 336 g/mol. The van der Waals surface area contributed by atoms with Crippen LogP contribution >= 0.6 is 0 Å². The zero-order chi connectivity index (χ0) is 19.0. The number of aromatic nitrogens is 1. The van der Waals surface area contributed by atoms with Gasteiger partial charge in [0, 0.05) is 28.3 Å². The summed E-state index contributed by atoms with van der Waals surface area (Å²) in [5.41, 5.74) is 5.28. The maximum absolute atomic E-state index is 12.6. The quantitative estimate of drug-likeness (QED) is 0.750. The highest BCUT2D eigenvalue weighted by Gasteiger charge is 2.24. The van der Waals surface area contributed by atoms with Gasteiger partial charge in [0.2, 0.25) is 0 Å². The van der Waals surface area contributed by atoms with E-state index in [1.165, 1.54) is 16.6 Å². The molecule has 1 unspecified atom stereocenters. The van der Waals surface area contributed by atoms with Crippen LogP contribution in [0, 0.1) is 11.3 Å². The fourth-order valence-electron chi connectivity index (χ4n) is 3.89. The molecule has 1 aliphatic carbocycles. The number of anilines is 1. The molecule has 4 rings (SSSR count). The van der Waals surface area contributed by atoms with Crippen molar-refractivity contribution in [3.63, 3.8) is 0 Å². The maximum Gasteiger partial charge on any atom is 0.257 e. The molecule has 1 amide bonds. The van der Waals surface area contributed by atoms with Crippen LogP contribution in [0.2, 0.25) is 0 Å². The predicted octanol–water partition coefficient (Wildman–Crippen LogP) is 3.71. The number of fused-ring (bicyclic) bond motifs is 3. The van der Waals surface area contributed by atoms with Crippen LogP contribution in [0.3, 0.4) is 0 Å². The lowest BCUT2D eigenvalue weighted by molar-refractivity contribution is 0.102. The van der Waals surface area contributed by atoms with Crippen LogP contribution in [-0.4, -0.2) is 35.9 Å². The van der Waals surface area contributed by atoms with Gasteiger partial charge in [0.1, 0.15) is 0 Å². The summed E-state index contributed by atoms with van der Waals surface area (Å²) in [6, 6.07) is 15.4. The Morgan fingerprint density at radius 1 is 1.26 bits per heavy atom. The number of carbonyl (C=O) groups is 1. The normalized spacial score (nSPS) is 16.1. The fraction of sp³-hybridized carbons (Fsp3) is 0.273. The number of amides is 1.